The van der Waals surface area contributed by atoms with E-state index in [-0.39, 0.29) is 29.8 Å². The highest BCUT2D eigenvalue weighted by Gasteiger charge is 2.60. The zero-order valence-corrected chi connectivity index (χ0v) is 14.6. The normalized spacial score (nSPS) is 38.0. The first-order valence-corrected chi connectivity index (χ1v) is 9.26. The van der Waals surface area contributed by atoms with Crippen LogP contribution in [-0.2, 0) is 9.53 Å². The number of carbonyl (C=O) groups excluding carboxylic acids is 1. The fourth-order valence-electron chi connectivity index (χ4n) is 5.49. The Labute approximate surface area is 151 Å². The van der Waals surface area contributed by atoms with Gasteiger partial charge in [0, 0.05) is 42.2 Å². The number of hydrogen-bond acceptors (Lipinski definition) is 5. The second-order valence-electron chi connectivity index (χ2n) is 7.96. The Morgan fingerprint density at radius 1 is 1.38 bits per heavy atom. The Hall–Kier alpha value is -2.34. The third-order valence-electron chi connectivity index (χ3n) is 6.84. The van der Waals surface area contributed by atoms with Crippen molar-refractivity contribution < 1.29 is 19.4 Å². The van der Waals surface area contributed by atoms with Gasteiger partial charge >= 0.3 is 5.97 Å². The molecule has 0 amide bonds. The highest BCUT2D eigenvalue weighted by Crippen LogP contribution is 2.49. The number of rotatable bonds is 1. The Balaban J connectivity index is 1.52. The quantitative estimate of drug-likeness (QED) is 0.804. The summed E-state index contributed by atoms with van der Waals surface area (Å²) in [5.74, 6) is -0.691. The van der Waals surface area contributed by atoms with Crippen LogP contribution in [0, 0.1) is 11.8 Å². The Morgan fingerprint density at radius 3 is 2.96 bits per heavy atom. The molecule has 1 spiro atoms. The summed E-state index contributed by atoms with van der Waals surface area (Å²) in [7, 11) is 0. The van der Waals surface area contributed by atoms with Gasteiger partial charge in [-0.2, -0.15) is 0 Å². The van der Waals surface area contributed by atoms with Crippen molar-refractivity contribution in [3.8, 4) is 0 Å². The molecule has 5 rings (SSSR count). The minimum absolute atomic E-state index is 0.00923. The zero-order chi connectivity index (χ0) is 18.1. The maximum atomic E-state index is 13.3. The summed E-state index contributed by atoms with van der Waals surface area (Å²) in [5.41, 5.74) is 1.37. The van der Waals surface area contributed by atoms with E-state index in [0.717, 1.165) is 30.8 Å². The van der Waals surface area contributed by atoms with Crippen LogP contribution >= 0.6 is 0 Å². The number of nitrogens with one attached hydrogen (secondary N) is 1. The number of nitrogens with zero attached hydrogens (tertiary/aromatic N) is 1. The number of ketones is 1. The molecule has 0 unspecified atom stereocenters. The third kappa shape index (κ3) is 1.96. The Kier molecular flexibility index (Phi) is 3.26. The summed E-state index contributed by atoms with van der Waals surface area (Å²) in [6, 6.07) is 7.68. The number of Topliss-reactive ketones (excluding diaryl/α,β-unsaturated/α-hetero) is 1. The van der Waals surface area contributed by atoms with Gasteiger partial charge in [-0.05, 0) is 31.9 Å². The first kappa shape index (κ1) is 15.9. The first-order valence-electron chi connectivity index (χ1n) is 9.26. The maximum Gasteiger partial charge on any atom is 0.334 e. The molecule has 0 bridgehead atoms. The number of benzene rings is 1. The topological polar surface area (TPSA) is 78.9 Å². The number of anilines is 1. The van der Waals surface area contributed by atoms with Gasteiger partial charge in [0.05, 0.1) is 17.9 Å². The summed E-state index contributed by atoms with van der Waals surface area (Å²) in [6.07, 6.45) is 2.84. The summed E-state index contributed by atoms with van der Waals surface area (Å²) in [4.78, 5) is 27.4. The number of aliphatic carboxylic acids is 1. The number of fused-ring (bicyclic) bond motifs is 4. The number of carbonyl (C=O) groups is 2. The van der Waals surface area contributed by atoms with Gasteiger partial charge in [0.2, 0.25) is 0 Å². The van der Waals surface area contributed by atoms with Crippen LogP contribution in [0.4, 0.5) is 5.69 Å². The molecule has 0 saturated carbocycles. The lowest BCUT2D eigenvalue weighted by Crippen LogP contribution is -2.59. The van der Waals surface area contributed by atoms with Crippen molar-refractivity contribution in [2.24, 2.45) is 11.8 Å². The van der Waals surface area contributed by atoms with Gasteiger partial charge in [-0.15, -0.1) is 0 Å². The van der Waals surface area contributed by atoms with Crippen molar-refractivity contribution in [1.82, 2.24) is 4.90 Å². The number of carboxylic acid groups (broad SMARTS) is 1. The number of carboxylic acids is 1. The average Bonchev–Trinajstić information content (AvgIpc) is 3.13. The lowest BCUT2D eigenvalue weighted by Gasteiger charge is -2.47. The van der Waals surface area contributed by atoms with Crippen molar-refractivity contribution in [2.45, 2.75) is 37.5 Å². The standard InChI is InChI=1S/C20H22N2O4/c1-11-14-9-22-7-6-20(18(23)12-4-2-3-5-16(12)21-20)17(22)8-13(14)15(10-26-11)19(24)25/h2-5,10-11,13-14,17,21H,6-9H2,1H3,(H,24,25)/t11-,13+,14+,17-,20+/m1/s1. The van der Waals surface area contributed by atoms with Gasteiger partial charge in [-0.1, -0.05) is 12.1 Å². The minimum Gasteiger partial charge on any atom is -0.497 e. The zero-order valence-electron chi connectivity index (χ0n) is 14.6. The van der Waals surface area contributed by atoms with E-state index in [1.165, 1.54) is 6.26 Å². The van der Waals surface area contributed by atoms with Gasteiger partial charge in [-0.25, -0.2) is 4.79 Å². The number of hydrogen-bond donors (Lipinski definition) is 2. The molecule has 5 atom stereocenters. The fourth-order valence-corrected chi connectivity index (χ4v) is 5.49. The van der Waals surface area contributed by atoms with Crippen molar-refractivity contribution in [2.75, 3.05) is 18.4 Å². The SMILES string of the molecule is C[C@H]1OC=C(C(=O)O)[C@H]2C[C@H]3N(CC[C@]34Nc3ccccc3C4=O)C[C@H]21. The van der Waals surface area contributed by atoms with Crippen LogP contribution in [0.1, 0.15) is 30.1 Å². The van der Waals surface area contributed by atoms with E-state index in [4.69, 9.17) is 4.74 Å². The van der Waals surface area contributed by atoms with E-state index >= 15 is 0 Å². The van der Waals surface area contributed by atoms with Gasteiger partial charge < -0.3 is 15.2 Å². The van der Waals surface area contributed by atoms with Crippen LogP contribution < -0.4 is 5.32 Å². The highest BCUT2D eigenvalue weighted by atomic mass is 16.5. The summed E-state index contributed by atoms with van der Waals surface area (Å²) < 4.78 is 5.61. The summed E-state index contributed by atoms with van der Waals surface area (Å²) >= 11 is 0. The largest absolute Gasteiger partial charge is 0.497 e. The Morgan fingerprint density at radius 2 is 2.19 bits per heavy atom. The molecule has 6 nitrogen and oxygen atoms in total. The van der Waals surface area contributed by atoms with Crippen molar-refractivity contribution in [1.29, 1.82) is 0 Å². The van der Waals surface area contributed by atoms with E-state index in [9.17, 15) is 14.7 Å². The molecule has 2 N–H and O–H groups in total. The van der Waals surface area contributed by atoms with Crippen molar-refractivity contribution in [3.63, 3.8) is 0 Å². The minimum atomic E-state index is -0.915. The molecular weight excluding hydrogens is 332 g/mol. The van der Waals surface area contributed by atoms with Gasteiger partial charge in [-0.3, -0.25) is 9.69 Å². The molecule has 1 aromatic carbocycles. The molecule has 4 heterocycles. The number of para-hydroxylation sites is 1. The van der Waals surface area contributed by atoms with Crippen LogP contribution in [0.15, 0.2) is 36.1 Å². The number of ether oxygens (including phenoxy) is 1. The van der Waals surface area contributed by atoms with E-state index < -0.39 is 11.5 Å². The molecule has 2 saturated heterocycles. The summed E-state index contributed by atoms with van der Waals surface area (Å²) in [6.45, 7) is 3.63. The molecule has 4 aliphatic heterocycles. The first-order chi connectivity index (χ1) is 12.5. The van der Waals surface area contributed by atoms with Crippen LogP contribution in [-0.4, -0.2) is 52.5 Å². The second-order valence-corrected chi connectivity index (χ2v) is 7.96. The molecular formula is C20H22N2O4. The van der Waals surface area contributed by atoms with Gasteiger partial charge in [0.15, 0.2) is 5.78 Å². The number of piperidine rings is 1. The molecule has 4 aliphatic rings. The highest BCUT2D eigenvalue weighted by molar-refractivity contribution is 6.14. The Bertz CT molecular complexity index is 835. The molecule has 0 radical (unpaired) electrons. The van der Waals surface area contributed by atoms with E-state index in [1.54, 1.807) is 0 Å². The molecule has 6 heteroatoms. The van der Waals surface area contributed by atoms with Crippen LogP contribution in [0.25, 0.3) is 0 Å². The molecule has 0 aromatic heterocycles. The smallest absolute Gasteiger partial charge is 0.334 e. The molecule has 1 aromatic rings. The molecule has 26 heavy (non-hydrogen) atoms. The molecule has 136 valence electrons. The van der Waals surface area contributed by atoms with Gasteiger partial charge in [0.25, 0.3) is 0 Å². The van der Waals surface area contributed by atoms with E-state index in [1.807, 2.05) is 31.2 Å². The van der Waals surface area contributed by atoms with Crippen LogP contribution in [0.2, 0.25) is 0 Å². The lowest BCUT2D eigenvalue weighted by atomic mass is 9.70. The molecule has 2 fully saturated rings. The predicted octanol–water partition coefficient (Wildman–Crippen LogP) is 2.13. The average molecular weight is 354 g/mol. The van der Waals surface area contributed by atoms with Crippen LogP contribution in [0.5, 0.6) is 0 Å². The van der Waals surface area contributed by atoms with Crippen molar-refractivity contribution >= 4 is 17.4 Å². The lowest BCUT2D eigenvalue weighted by molar-refractivity contribution is -0.135. The van der Waals surface area contributed by atoms with E-state index in [0.29, 0.717) is 12.0 Å². The maximum absolute atomic E-state index is 13.3. The molecule has 0 aliphatic carbocycles. The fraction of sp³-hybridized carbons (Fsp3) is 0.500. The van der Waals surface area contributed by atoms with Crippen molar-refractivity contribution in [3.05, 3.63) is 41.7 Å². The monoisotopic (exact) mass is 354 g/mol. The van der Waals surface area contributed by atoms with Crippen LogP contribution in [0.3, 0.4) is 0 Å². The second kappa shape index (κ2) is 5.33. The van der Waals surface area contributed by atoms with Gasteiger partial charge in [0.1, 0.15) is 5.54 Å². The third-order valence-corrected chi connectivity index (χ3v) is 6.84. The summed E-state index contributed by atoms with van der Waals surface area (Å²) in [5, 5.41) is 13.1. The predicted molar refractivity (Wildman–Crippen MR) is 95.0 cm³/mol. The van der Waals surface area contributed by atoms with E-state index in [2.05, 4.69) is 10.2 Å².